The number of ether oxygens (including phenoxy) is 2. The summed E-state index contributed by atoms with van der Waals surface area (Å²) in [6, 6.07) is 65.7. The zero-order valence-electron chi connectivity index (χ0n) is 27.7. The normalized spacial score (nSPS) is 11.8. The quantitative estimate of drug-likeness (QED) is 0.189. The van der Waals surface area contributed by atoms with Crippen molar-refractivity contribution in [3.8, 4) is 73.2 Å². The van der Waals surface area contributed by atoms with Gasteiger partial charge in [-0.2, -0.15) is 0 Å². The lowest BCUT2D eigenvalue weighted by Gasteiger charge is -2.25. The minimum Gasteiger partial charge on any atom is -0.456 e. The molecule has 3 heteroatoms. The van der Waals surface area contributed by atoms with Crippen LogP contribution in [-0.4, -0.2) is 4.57 Å². The number of benzene rings is 8. The molecule has 0 fully saturated rings. The Hall–Kier alpha value is -6.84. The van der Waals surface area contributed by atoms with E-state index in [2.05, 4.69) is 174 Å². The molecule has 240 valence electrons. The fourth-order valence-corrected chi connectivity index (χ4v) is 7.67. The summed E-state index contributed by atoms with van der Waals surface area (Å²) in [4.78, 5) is 0. The lowest BCUT2D eigenvalue weighted by molar-refractivity contribution is 0.473. The topological polar surface area (TPSA) is 23.4 Å². The molecule has 0 aliphatic carbocycles. The molecule has 51 heavy (non-hydrogen) atoms. The molecule has 0 radical (unpaired) electrons. The van der Waals surface area contributed by atoms with Gasteiger partial charge in [0.2, 0.25) is 0 Å². The van der Waals surface area contributed by atoms with Crippen molar-refractivity contribution >= 4 is 21.8 Å². The van der Waals surface area contributed by atoms with Gasteiger partial charge >= 0.3 is 0 Å². The van der Waals surface area contributed by atoms with Crippen LogP contribution in [-0.2, 0) is 0 Å². The highest BCUT2D eigenvalue weighted by Crippen LogP contribution is 2.53. The SMILES string of the molecule is c1ccc(-c2cccc3c2-c2cccc(-c4cccc5c6ccccc6n(-c6ccccc6)c45)c2Oc2ccccc2-c2ccccc2O3)cc1. The van der Waals surface area contributed by atoms with Crippen LogP contribution in [0.4, 0.5) is 0 Å². The monoisotopic (exact) mass is 653 g/mol. The molecule has 0 atom stereocenters. The first-order chi connectivity index (χ1) is 25.3. The number of hydrogen-bond acceptors (Lipinski definition) is 2. The fraction of sp³-hybridized carbons (Fsp3) is 0. The summed E-state index contributed by atoms with van der Waals surface area (Å²) in [5, 5.41) is 2.39. The van der Waals surface area contributed by atoms with Crippen LogP contribution in [0.1, 0.15) is 0 Å². The van der Waals surface area contributed by atoms with Gasteiger partial charge in [0, 0.05) is 49.8 Å². The average molecular weight is 654 g/mol. The zero-order chi connectivity index (χ0) is 33.7. The highest BCUT2D eigenvalue weighted by molar-refractivity contribution is 6.14. The summed E-state index contributed by atoms with van der Waals surface area (Å²) in [6.07, 6.45) is 0. The third-order valence-corrected chi connectivity index (χ3v) is 9.89. The first kappa shape index (κ1) is 29.1. The summed E-state index contributed by atoms with van der Waals surface area (Å²) < 4.78 is 16.7. The number of fused-ring (bicyclic) bond motifs is 9. The van der Waals surface area contributed by atoms with E-state index in [0.717, 1.165) is 84.2 Å². The Kier molecular flexibility index (Phi) is 6.81. The van der Waals surface area contributed by atoms with E-state index in [1.807, 2.05) is 18.2 Å². The molecule has 2 heterocycles. The lowest BCUT2D eigenvalue weighted by atomic mass is 9.90. The Labute approximate surface area is 296 Å². The van der Waals surface area contributed by atoms with Crippen LogP contribution in [0.2, 0.25) is 0 Å². The zero-order valence-corrected chi connectivity index (χ0v) is 27.7. The Morgan fingerprint density at radius 3 is 1.67 bits per heavy atom. The second kappa shape index (κ2) is 11.9. The molecule has 0 amide bonds. The van der Waals surface area contributed by atoms with Gasteiger partial charge < -0.3 is 14.0 Å². The van der Waals surface area contributed by atoms with Gasteiger partial charge in [-0.05, 0) is 47.5 Å². The molecule has 0 spiro atoms. The second-order valence-electron chi connectivity index (χ2n) is 12.8. The van der Waals surface area contributed by atoms with Crippen LogP contribution in [0.15, 0.2) is 188 Å². The maximum atomic E-state index is 7.31. The first-order valence-electron chi connectivity index (χ1n) is 17.3. The van der Waals surface area contributed by atoms with E-state index in [1.165, 1.54) is 10.8 Å². The van der Waals surface area contributed by atoms with E-state index in [0.29, 0.717) is 0 Å². The predicted octanol–water partition coefficient (Wildman–Crippen LogP) is 13.3. The Morgan fingerprint density at radius 2 is 0.863 bits per heavy atom. The van der Waals surface area contributed by atoms with E-state index in [1.54, 1.807) is 0 Å². The molecule has 1 aliphatic rings. The maximum Gasteiger partial charge on any atom is 0.143 e. The summed E-state index contributed by atoms with van der Waals surface area (Å²) in [6.45, 7) is 0. The van der Waals surface area contributed by atoms with E-state index in [4.69, 9.17) is 9.47 Å². The minimum absolute atomic E-state index is 0.763. The number of aromatic nitrogens is 1. The van der Waals surface area contributed by atoms with Crippen molar-refractivity contribution in [1.82, 2.24) is 4.57 Å². The molecule has 0 N–H and O–H groups in total. The summed E-state index contributed by atoms with van der Waals surface area (Å²) in [5.41, 5.74) is 11.5. The van der Waals surface area contributed by atoms with Crippen molar-refractivity contribution in [3.63, 3.8) is 0 Å². The molecular formula is C48H31NO2. The van der Waals surface area contributed by atoms with Gasteiger partial charge in [-0.1, -0.05) is 152 Å². The van der Waals surface area contributed by atoms with Crippen molar-refractivity contribution < 1.29 is 9.47 Å². The molecule has 0 bridgehead atoms. The molecule has 1 aromatic heterocycles. The molecule has 8 aromatic carbocycles. The lowest BCUT2D eigenvalue weighted by Crippen LogP contribution is -2.01. The molecule has 0 saturated carbocycles. The molecular weight excluding hydrogens is 623 g/mol. The van der Waals surface area contributed by atoms with Crippen molar-refractivity contribution in [2.75, 3.05) is 0 Å². The standard InChI is InChI=1S/C48H31NO2/c1-3-16-32(17-4-1)34-23-15-31-45-46(34)41-27-14-26-40(48(41)51-44-30-12-9-22-37(44)36-21-8-11-29-43(36)50-45)39-25-13-24-38-35-20-7-10-28-42(35)49(47(38)39)33-18-5-2-6-19-33/h1-31H. The largest absolute Gasteiger partial charge is 0.456 e. The third-order valence-electron chi connectivity index (χ3n) is 9.89. The second-order valence-corrected chi connectivity index (χ2v) is 12.8. The first-order valence-corrected chi connectivity index (χ1v) is 17.3. The van der Waals surface area contributed by atoms with Gasteiger partial charge in [-0.15, -0.1) is 0 Å². The van der Waals surface area contributed by atoms with E-state index in [-0.39, 0.29) is 0 Å². The van der Waals surface area contributed by atoms with E-state index in [9.17, 15) is 0 Å². The number of para-hydroxylation sites is 6. The van der Waals surface area contributed by atoms with Gasteiger partial charge in [0.1, 0.15) is 23.0 Å². The van der Waals surface area contributed by atoms with Crippen LogP contribution in [0.3, 0.4) is 0 Å². The van der Waals surface area contributed by atoms with Gasteiger partial charge in [-0.25, -0.2) is 0 Å². The van der Waals surface area contributed by atoms with E-state index >= 15 is 0 Å². The molecule has 0 saturated heterocycles. The van der Waals surface area contributed by atoms with Gasteiger partial charge in [-0.3, -0.25) is 0 Å². The molecule has 9 aromatic rings. The molecule has 10 rings (SSSR count). The van der Waals surface area contributed by atoms with E-state index < -0.39 is 0 Å². The fourth-order valence-electron chi connectivity index (χ4n) is 7.67. The summed E-state index contributed by atoms with van der Waals surface area (Å²) in [7, 11) is 0. The summed E-state index contributed by atoms with van der Waals surface area (Å²) >= 11 is 0. The molecule has 1 aliphatic heterocycles. The third kappa shape index (κ3) is 4.74. The Morgan fingerprint density at radius 1 is 0.333 bits per heavy atom. The smallest absolute Gasteiger partial charge is 0.143 e. The van der Waals surface area contributed by atoms with Crippen LogP contribution in [0.25, 0.3) is 72.0 Å². The van der Waals surface area contributed by atoms with Gasteiger partial charge in [0.05, 0.1) is 11.0 Å². The summed E-state index contributed by atoms with van der Waals surface area (Å²) in [5.74, 6) is 3.08. The average Bonchev–Trinajstić information content (AvgIpc) is 3.54. The Bertz CT molecular complexity index is 2740. The number of rotatable bonds is 3. The highest BCUT2D eigenvalue weighted by atomic mass is 16.5. The Balaban J connectivity index is 1.34. The number of nitrogens with zero attached hydrogens (tertiary/aromatic N) is 1. The van der Waals surface area contributed by atoms with Gasteiger partial charge in [0.15, 0.2) is 0 Å². The minimum atomic E-state index is 0.763. The predicted molar refractivity (Wildman–Crippen MR) is 209 cm³/mol. The van der Waals surface area contributed by atoms with Crippen LogP contribution < -0.4 is 9.47 Å². The van der Waals surface area contributed by atoms with Crippen molar-refractivity contribution in [1.29, 1.82) is 0 Å². The van der Waals surface area contributed by atoms with Crippen LogP contribution in [0.5, 0.6) is 23.0 Å². The van der Waals surface area contributed by atoms with Crippen LogP contribution in [0, 0.1) is 0 Å². The van der Waals surface area contributed by atoms with Crippen molar-refractivity contribution in [2.45, 2.75) is 0 Å². The molecule has 0 unspecified atom stereocenters. The highest BCUT2D eigenvalue weighted by Gasteiger charge is 2.26. The van der Waals surface area contributed by atoms with Crippen molar-refractivity contribution in [2.24, 2.45) is 0 Å². The maximum absolute atomic E-state index is 7.31. The van der Waals surface area contributed by atoms with Crippen LogP contribution >= 0.6 is 0 Å². The van der Waals surface area contributed by atoms with Gasteiger partial charge in [0.25, 0.3) is 0 Å². The van der Waals surface area contributed by atoms with Crippen molar-refractivity contribution in [3.05, 3.63) is 188 Å². The number of hydrogen-bond donors (Lipinski definition) is 0. The molecule has 3 nitrogen and oxygen atoms in total.